The van der Waals surface area contributed by atoms with Gasteiger partial charge in [0.1, 0.15) is 6.10 Å². The molecular weight excluding hydrogens is 188 g/mol. The van der Waals surface area contributed by atoms with Crippen molar-refractivity contribution in [3.05, 3.63) is 24.2 Å². The minimum Gasteiger partial charge on any atom is -0.472 e. The Hall–Kier alpha value is -1.20. The van der Waals surface area contributed by atoms with Crippen molar-refractivity contribution in [1.29, 1.82) is 0 Å². The van der Waals surface area contributed by atoms with Crippen LogP contribution >= 0.6 is 0 Å². The van der Waals surface area contributed by atoms with Gasteiger partial charge in [-0.25, -0.2) is 0 Å². The van der Waals surface area contributed by atoms with Crippen LogP contribution in [0.25, 0.3) is 0 Å². The van der Waals surface area contributed by atoms with E-state index >= 15 is 0 Å². The van der Waals surface area contributed by atoms with E-state index in [0.717, 1.165) is 5.56 Å². The minimum atomic E-state index is -0.691. The van der Waals surface area contributed by atoms with Crippen molar-refractivity contribution >= 4 is 0 Å². The smallest absolute Gasteiger partial charge is 0.115 e. The molecule has 0 radical (unpaired) electrons. The molecule has 0 aliphatic heterocycles. The van der Waals surface area contributed by atoms with Crippen molar-refractivity contribution < 1.29 is 9.52 Å². The van der Waals surface area contributed by atoms with Crippen LogP contribution in [0, 0.1) is 17.8 Å². The fourth-order valence-corrected chi connectivity index (χ4v) is 1.75. The van der Waals surface area contributed by atoms with Gasteiger partial charge in [0, 0.05) is 0 Å². The number of hydrogen-bond donors (Lipinski definition) is 1. The Kier molecular flexibility index (Phi) is 3.60. The highest BCUT2D eigenvalue weighted by atomic mass is 16.3. The molecule has 15 heavy (non-hydrogen) atoms. The maximum atomic E-state index is 9.52. The first-order valence-electron chi connectivity index (χ1n) is 5.11. The molecule has 0 aliphatic carbocycles. The number of furan rings is 1. The molecule has 1 aromatic heterocycles. The summed E-state index contributed by atoms with van der Waals surface area (Å²) in [6, 6.07) is 1.93. The first kappa shape index (κ1) is 11.9. The van der Waals surface area contributed by atoms with Gasteiger partial charge in [0.25, 0.3) is 0 Å². The monoisotopic (exact) mass is 206 g/mol. The molecule has 1 rings (SSSR count). The maximum absolute atomic E-state index is 9.52. The van der Waals surface area contributed by atoms with E-state index in [1.54, 1.807) is 12.5 Å². The van der Waals surface area contributed by atoms with Gasteiger partial charge in [0.05, 0.1) is 12.5 Å². The van der Waals surface area contributed by atoms with Gasteiger partial charge in [0.2, 0.25) is 0 Å². The highest BCUT2D eigenvalue weighted by Gasteiger charge is 2.28. The van der Waals surface area contributed by atoms with Crippen molar-refractivity contribution in [1.82, 2.24) is 0 Å². The van der Waals surface area contributed by atoms with E-state index in [1.165, 1.54) is 0 Å². The number of aliphatic hydroxyl groups is 1. The Morgan fingerprint density at radius 1 is 1.53 bits per heavy atom. The molecule has 2 atom stereocenters. The zero-order valence-corrected chi connectivity index (χ0v) is 9.53. The Labute approximate surface area is 91.3 Å². The van der Waals surface area contributed by atoms with Crippen LogP contribution in [0.4, 0.5) is 0 Å². The first-order valence-corrected chi connectivity index (χ1v) is 5.11. The normalized spacial score (nSPS) is 15.7. The summed E-state index contributed by atoms with van der Waals surface area (Å²) in [5.74, 6) is 2.56. The Morgan fingerprint density at radius 3 is 2.60 bits per heavy atom. The highest BCUT2D eigenvalue weighted by Crippen LogP contribution is 2.38. The minimum absolute atomic E-state index is 0.0572. The Bertz CT molecular complexity index is 324. The topological polar surface area (TPSA) is 33.4 Å². The van der Waals surface area contributed by atoms with Crippen molar-refractivity contribution in [3.8, 4) is 12.3 Å². The van der Waals surface area contributed by atoms with Crippen LogP contribution in [-0.2, 0) is 0 Å². The standard InChI is InChI=1S/C13H18O2/c1-5-11(14)8-12(13(2,3)4)10-6-7-15-9-10/h1,6-7,9,11-12,14H,8H2,2-4H3/t11-,12-/m1/s1. The highest BCUT2D eigenvalue weighted by molar-refractivity contribution is 5.17. The molecule has 1 N–H and O–H groups in total. The van der Waals surface area contributed by atoms with E-state index in [0.29, 0.717) is 6.42 Å². The number of hydrogen-bond acceptors (Lipinski definition) is 2. The zero-order chi connectivity index (χ0) is 11.5. The predicted molar refractivity (Wildman–Crippen MR) is 60.4 cm³/mol. The molecule has 0 spiro atoms. The van der Waals surface area contributed by atoms with Crippen molar-refractivity contribution in [3.63, 3.8) is 0 Å². The summed E-state index contributed by atoms with van der Waals surface area (Å²) in [6.45, 7) is 6.40. The Balaban J connectivity index is 2.86. The molecule has 1 heterocycles. The van der Waals surface area contributed by atoms with Crippen LogP contribution in [-0.4, -0.2) is 11.2 Å². The lowest BCUT2D eigenvalue weighted by atomic mass is 9.74. The summed E-state index contributed by atoms with van der Waals surface area (Å²) >= 11 is 0. The first-order chi connectivity index (χ1) is 6.95. The number of terminal acetylenes is 1. The molecule has 1 aromatic rings. The molecule has 82 valence electrons. The second-order valence-electron chi connectivity index (χ2n) is 4.89. The average Bonchev–Trinajstić information content (AvgIpc) is 2.64. The van der Waals surface area contributed by atoms with Crippen LogP contribution in [0.1, 0.15) is 38.7 Å². The third kappa shape index (κ3) is 3.14. The molecule has 0 saturated carbocycles. The van der Waals surface area contributed by atoms with E-state index in [9.17, 15) is 5.11 Å². The van der Waals surface area contributed by atoms with Crippen molar-refractivity contribution in [2.24, 2.45) is 5.41 Å². The van der Waals surface area contributed by atoms with E-state index < -0.39 is 6.10 Å². The maximum Gasteiger partial charge on any atom is 0.115 e. The molecule has 0 amide bonds. The molecule has 0 fully saturated rings. The van der Waals surface area contributed by atoms with Gasteiger partial charge < -0.3 is 9.52 Å². The average molecular weight is 206 g/mol. The second-order valence-corrected chi connectivity index (χ2v) is 4.89. The van der Waals surface area contributed by atoms with Crippen LogP contribution < -0.4 is 0 Å². The van der Waals surface area contributed by atoms with Gasteiger partial charge in [0.15, 0.2) is 0 Å². The van der Waals surface area contributed by atoms with E-state index in [4.69, 9.17) is 10.8 Å². The number of rotatable bonds is 3. The SMILES string of the molecule is C#C[C@@H](O)C[C@H](c1ccoc1)C(C)(C)C. The summed E-state index contributed by atoms with van der Waals surface area (Å²) in [4.78, 5) is 0. The van der Waals surface area contributed by atoms with Gasteiger partial charge >= 0.3 is 0 Å². The fraction of sp³-hybridized carbons (Fsp3) is 0.538. The van der Waals surface area contributed by atoms with Gasteiger partial charge in [-0.05, 0) is 29.4 Å². The Morgan fingerprint density at radius 2 is 2.20 bits per heavy atom. The lowest BCUT2D eigenvalue weighted by Gasteiger charge is -2.30. The molecule has 0 unspecified atom stereocenters. The second kappa shape index (κ2) is 4.55. The van der Waals surface area contributed by atoms with Crippen LogP contribution in [0.5, 0.6) is 0 Å². The molecule has 2 nitrogen and oxygen atoms in total. The van der Waals surface area contributed by atoms with Gasteiger partial charge in [-0.2, -0.15) is 0 Å². The predicted octanol–water partition coefficient (Wildman–Crippen LogP) is 2.79. The van der Waals surface area contributed by atoms with E-state index in [2.05, 4.69) is 26.7 Å². The van der Waals surface area contributed by atoms with Gasteiger partial charge in [-0.3, -0.25) is 0 Å². The summed E-state index contributed by atoms with van der Waals surface area (Å²) in [5.41, 5.74) is 1.15. The third-order valence-corrected chi connectivity index (χ3v) is 2.64. The van der Waals surface area contributed by atoms with Crippen molar-refractivity contribution in [2.45, 2.75) is 39.2 Å². The van der Waals surface area contributed by atoms with Gasteiger partial charge in [-0.1, -0.05) is 26.7 Å². The number of aliphatic hydroxyl groups excluding tert-OH is 1. The fourth-order valence-electron chi connectivity index (χ4n) is 1.75. The molecule has 2 heteroatoms. The zero-order valence-electron chi connectivity index (χ0n) is 9.53. The lowest BCUT2D eigenvalue weighted by molar-refractivity contribution is 0.176. The summed E-state index contributed by atoms with van der Waals surface area (Å²) in [7, 11) is 0. The molecule has 0 bridgehead atoms. The van der Waals surface area contributed by atoms with Gasteiger partial charge in [-0.15, -0.1) is 6.42 Å². The quantitative estimate of drug-likeness (QED) is 0.771. The van der Waals surface area contributed by atoms with Crippen molar-refractivity contribution in [2.75, 3.05) is 0 Å². The molecule has 0 aromatic carbocycles. The lowest BCUT2D eigenvalue weighted by Crippen LogP contribution is -2.22. The third-order valence-electron chi connectivity index (χ3n) is 2.64. The summed E-state index contributed by atoms with van der Waals surface area (Å²) in [5, 5.41) is 9.52. The van der Waals surface area contributed by atoms with E-state index in [-0.39, 0.29) is 11.3 Å². The van der Waals surface area contributed by atoms with Crippen LogP contribution in [0.15, 0.2) is 23.0 Å². The summed E-state index contributed by atoms with van der Waals surface area (Å²) in [6.07, 6.45) is 8.44. The van der Waals surface area contributed by atoms with Crippen LogP contribution in [0.3, 0.4) is 0 Å². The van der Waals surface area contributed by atoms with Crippen LogP contribution in [0.2, 0.25) is 0 Å². The molecular formula is C13H18O2. The summed E-state index contributed by atoms with van der Waals surface area (Å²) < 4.78 is 5.07. The molecule has 0 aliphatic rings. The molecule has 0 saturated heterocycles. The van der Waals surface area contributed by atoms with E-state index in [1.807, 2.05) is 6.07 Å². The largest absolute Gasteiger partial charge is 0.472 e.